The van der Waals surface area contributed by atoms with Crippen LogP contribution in [0.5, 0.6) is 0 Å². The largest absolute Gasteiger partial charge is 0.311 e. The van der Waals surface area contributed by atoms with Gasteiger partial charge in [-0.15, -0.1) is 0 Å². The zero-order valence-electron chi connectivity index (χ0n) is 13.2. The lowest BCUT2D eigenvalue weighted by Gasteiger charge is -2.17. The second kappa shape index (κ2) is 7.11. The van der Waals surface area contributed by atoms with E-state index >= 15 is 0 Å². The van der Waals surface area contributed by atoms with Gasteiger partial charge in [0.1, 0.15) is 11.9 Å². The topological polar surface area (TPSA) is 66.5 Å². The maximum atomic E-state index is 13.0. The molecule has 2 aromatic carbocycles. The van der Waals surface area contributed by atoms with Gasteiger partial charge in [0.2, 0.25) is 15.9 Å². The van der Waals surface area contributed by atoms with Crippen LogP contribution >= 0.6 is 11.6 Å². The van der Waals surface area contributed by atoms with Gasteiger partial charge in [-0.05, 0) is 42.3 Å². The Kier molecular flexibility index (Phi) is 5.08. The molecule has 1 atom stereocenters. The Balaban J connectivity index is 1.70. The van der Waals surface area contributed by atoms with E-state index in [1.54, 1.807) is 24.3 Å². The van der Waals surface area contributed by atoms with Crippen molar-refractivity contribution in [3.63, 3.8) is 0 Å². The Morgan fingerprint density at radius 1 is 1.16 bits per heavy atom. The van der Waals surface area contributed by atoms with Gasteiger partial charge in [-0.1, -0.05) is 29.8 Å². The number of halogens is 2. The average Bonchev–Trinajstić information content (AvgIpc) is 2.91. The van der Waals surface area contributed by atoms with Crippen molar-refractivity contribution in [2.24, 2.45) is 0 Å². The maximum absolute atomic E-state index is 13.0. The summed E-state index contributed by atoms with van der Waals surface area (Å²) in [5, 5.41) is 0.360. The number of rotatable bonds is 5. The van der Waals surface area contributed by atoms with E-state index in [4.69, 9.17) is 11.6 Å². The highest BCUT2D eigenvalue weighted by Gasteiger charge is 2.35. The Morgan fingerprint density at radius 3 is 2.52 bits per heavy atom. The fourth-order valence-corrected chi connectivity index (χ4v) is 4.42. The molecule has 0 radical (unpaired) electrons. The number of nitrogens with one attached hydrogen (secondary N) is 1. The number of hydrogen-bond donors (Lipinski definition) is 1. The predicted molar refractivity (Wildman–Crippen MR) is 94.4 cm³/mol. The molecular formula is C17H16ClFN2O3S. The van der Waals surface area contributed by atoms with Crippen LogP contribution in [0.3, 0.4) is 0 Å². The highest BCUT2D eigenvalue weighted by Crippen LogP contribution is 2.23. The number of benzene rings is 2. The van der Waals surface area contributed by atoms with Crippen molar-refractivity contribution in [1.29, 1.82) is 0 Å². The van der Waals surface area contributed by atoms with Crippen LogP contribution in [0, 0.1) is 5.82 Å². The summed E-state index contributed by atoms with van der Waals surface area (Å²) < 4.78 is 40.1. The zero-order chi connectivity index (χ0) is 18.0. The van der Waals surface area contributed by atoms with Crippen LogP contribution in [-0.4, -0.2) is 26.9 Å². The number of hydrogen-bond acceptors (Lipinski definition) is 3. The lowest BCUT2D eigenvalue weighted by atomic mass is 10.2. The van der Waals surface area contributed by atoms with Gasteiger partial charge in [0.05, 0.1) is 5.75 Å². The first-order valence-corrected chi connectivity index (χ1v) is 9.69. The van der Waals surface area contributed by atoms with Crippen LogP contribution in [0.1, 0.15) is 12.0 Å². The molecule has 8 heteroatoms. The van der Waals surface area contributed by atoms with Gasteiger partial charge in [0.25, 0.3) is 0 Å². The van der Waals surface area contributed by atoms with Gasteiger partial charge in [-0.3, -0.25) is 4.79 Å². The molecule has 1 N–H and O–H groups in total. The molecule has 1 amide bonds. The molecule has 1 aliphatic heterocycles. The molecule has 3 rings (SSSR count). The lowest BCUT2D eigenvalue weighted by molar-refractivity contribution is -0.118. The van der Waals surface area contributed by atoms with E-state index in [0.717, 1.165) is 0 Å². The van der Waals surface area contributed by atoms with E-state index in [9.17, 15) is 17.6 Å². The molecule has 2 aromatic rings. The number of carbonyl (C=O) groups is 1. The second-order valence-corrected chi connectivity index (χ2v) is 7.94. The molecule has 0 spiro atoms. The van der Waals surface area contributed by atoms with Crippen molar-refractivity contribution in [2.45, 2.75) is 18.2 Å². The van der Waals surface area contributed by atoms with Gasteiger partial charge in [0, 0.05) is 17.3 Å². The fraction of sp³-hybridized carbons (Fsp3) is 0.235. The zero-order valence-corrected chi connectivity index (χ0v) is 14.7. The number of sulfonamides is 1. The minimum Gasteiger partial charge on any atom is -0.311 e. The molecule has 1 saturated heterocycles. The van der Waals surface area contributed by atoms with Gasteiger partial charge in [-0.2, -0.15) is 0 Å². The van der Waals surface area contributed by atoms with Crippen molar-refractivity contribution in [3.8, 4) is 0 Å². The summed E-state index contributed by atoms with van der Waals surface area (Å²) in [5.41, 5.74) is 1.01. The van der Waals surface area contributed by atoms with Crippen molar-refractivity contribution in [3.05, 3.63) is 64.9 Å². The Labute approximate surface area is 150 Å². The number of amides is 1. The summed E-state index contributed by atoms with van der Waals surface area (Å²) in [7, 11) is -3.73. The SMILES string of the molecule is O=C1[C@@H](NS(=O)(=O)Cc2ccccc2Cl)CCN1c1ccc(F)cc1. The molecule has 0 unspecified atom stereocenters. The first-order valence-electron chi connectivity index (χ1n) is 7.66. The minimum atomic E-state index is -3.73. The van der Waals surface area contributed by atoms with Crippen LogP contribution in [0.15, 0.2) is 48.5 Å². The smallest absolute Gasteiger partial charge is 0.245 e. The predicted octanol–water partition coefficient (Wildman–Crippen LogP) is 2.70. The molecule has 0 aliphatic carbocycles. The summed E-state index contributed by atoms with van der Waals surface area (Å²) in [6.45, 7) is 0.365. The second-order valence-electron chi connectivity index (χ2n) is 5.78. The molecule has 0 aromatic heterocycles. The molecule has 5 nitrogen and oxygen atoms in total. The molecule has 1 aliphatic rings. The van der Waals surface area contributed by atoms with Crippen LogP contribution in [0.2, 0.25) is 5.02 Å². The molecule has 0 bridgehead atoms. The third-order valence-corrected chi connectivity index (χ3v) is 5.67. The highest BCUT2D eigenvalue weighted by atomic mass is 35.5. The van der Waals surface area contributed by atoms with Gasteiger partial charge in [0.15, 0.2) is 0 Å². The summed E-state index contributed by atoms with van der Waals surface area (Å²) in [4.78, 5) is 13.9. The van der Waals surface area contributed by atoms with E-state index in [2.05, 4.69) is 4.72 Å². The molecule has 132 valence electrons. The Bertz CT molecular complexity index is 887. The summed E-state index contributed by atoms with van der Waals surface area (Å²) in [5.74, 6) is -1.05. The summed E-state index contributed by atoms with van der Waals surface area (Å²) in [6.07, 6.45) is 0.345. The Hall–Kier alpha value is -1.96. The Morgan fingerprint density at radius 2 is 1.84 bits per heavy atom. The summed E-state index contributed by atoms with van der Waals surface area (Å²) >= 11 is 5.99. The third-order valence-electron chi connectivity index (χ3n) is 3.97. The fourth-order valence-electron chi connectivity index (χ4n) is 2.75. The van der Waals surface area contributed by atoms with Crippen molar-refractivity contribution in [2.75, 3.05) is 11.4 Å². The molecule has 1 fully saturated rings. The van der Waals surface area contributed by atoms with Crippen LogP contribution in [0.25, 0.3) is 0 Å². The monoisotopic (exact) mass is 382 g/mol. The van der Waals surface area contributed by atoms with Crippen LogP contribution < -0.4 is 9.62 Å². The van der Waals surface area contributed by atoms with Gasteiger partial charge < -0.3 is 4.90 Å². The molecule has 0 saturated carbocycles. The van der Waals surface area contributed by atoms with Gasteiger partial charge >= 0.3 is 0 Å². The number of anilines is 1. The molecular weight excluding hydrogens is 367 g/mol. The van der Waals surface area contributed by atoms with Crippen molar-refractivity contribution < 1.29 is 17.6 Å². The highest BCUT2D eigenvalue weighted by molar-refractivity contribution is 7.88. The van der Waals surface area contributed by atoms with Crippen molar-refractivity contribution >= 4 is 33.2 Å². The quantitative estimate of drug-likeness (QED) is 0.864. The van der Waals surface area contributed by atoms with E-state index in [-0.39, 0.29) is 11.7 Å². The van der Waals surface area contributed by atoms with E-state index in [1.807, 2.05) is 0 Å². The molecule has 25 heavy (non-hydrogen) atoms. The lowest BCUT2D eigenvalue weighted by Crippen LogP contribution is -2.42. The van der Waals surface area contributed by atoms with E-state index < -0.39 is 21.9 Å². The normalized spacial score (nSPS) is 17.9. The van der Waals surface area contributed by atoms with Crippen LogP contribution in [-0.2, 0) is 20.6 Å². The standard InChI is InChI=1S/C17H16ClFN2O3S/c18-15-4-2-1-3-12(15)11-25(23,24)20-16-9-10-21(17(16)22)14-7-5-13(19)6-8-14/h1-8,16,20H,9-11H2/t16-/m0/s1. The molecule has 1 heterocycles. The first kappa shape index (κ1) is 17.8. The van der Waals surface area contributed by atoms with E-state index in [1.165, 1.54) is 29.2 Å². The van der Waals surface area contributed by atoms with Crippen molar-refractivity contribution in [1.82, 2.24) is 4.72 Å². The van der Waals surface area contributed by atoms with Crippen LogP contribution in [0.4, 0.5) is 10.1 Å². The maximum Gasteiger partial charge on any atom is 0.245 e. The first-order chi connectivity index (χ1) is 11.9. The summed E-state index contributed by atoms with van der Waals surface area (Å²) in [6, 6.07) is 11.3. The van der Waals surface area contributed by atoms with Gasteiger partial charge in [-0.25, -0.2) is 17.5 Å². The van der Waals surface area contributed by atoms with E-state index in [0.29, 0.717) is 29.2 Å². The average molecular weight is 383 g/mol. The minimum absolute atomic E-state index is 0.299. The number of nitrogens with zero attached hydrogens (tertiary/aromatic N) is 1. The third kappa shape index (κ3) is 4.18. The number of carbonyl (C=O) groups excluding carboxylic acids is 1.